The fourth-order valence-electron chi connectivity index (χ4n) is 3.09. The normalized spacial score (nSPS) is 15.6. The number of guanidine groups is 1. The molecule has 28 heavy (non-hydrogen) atoms. The van der Waals surface area contributed by atoms with Crippen molar-refractivity contribution in [2.45, 2.75) is 25.4 Å². The van der Waals surface area contributed by atoms with Gasteiger partial charge in [-0.2, -0.15) is 13.2 Å². The molecule has 1 fully saturated rings. The summed E-state index contributed by atoms with van der Waals surface area (Å²) in [7, 11) is 3.32. The number of nitrogens with one attached hydrogen (secondary N) is 2. The molecule has 0 saturated carbocycles. The zero-order chi connectivity index (χ0) is 20.6. The Labute approximate surface area is 163 Å². The van der Waals surface area contributed by atoms with Gasteiger partial charge in [0.1, 0.15) is 0 Å². The third-order valence-electron chi connectivity index (χ3n) is 4.64. The molecule has 2 N–H and O–H groups in total. The molecule has 0 radical (unpaired) electrons. The number of amides is 1. The molecule has 0 unspecified atom stereocenters. The third-order valence-corrected chi connectivity index (χ3v) is 4.64. The van der Waals surface area contributed by atoms with Gasteiger partial charge in [-0.15, -0.1) is 0 Å². The number of likely N-dealkylation sites (tertiary alicyclic amines) is 1. The van der Waals surface area contributed by atoms with E-state index in [1.807, 2.05) is 0 Å². The molecule has 1 aliphatic rings. The second-order valence-corrected chi connectivity index (χ2v) is 6.59. The van der Waals surface area contributed by atoms with Crippen molar-refractivity contribution in [3.63, 3.8) is 0 Å². The minimum Gasteiger partial charge on any atom is -0.359 e. The topological polar surface area (TPSA) is 56.7 Å². The molecule has 1 heterocycles. The molecular weight excluding hydrogens is 369 g/mol. The maximum Gasteiger partial charge on any atom is 0.416 e. The molecule has 0 atom stereocenters. The Morgan fingerprint density at radius 2 is 2.04 bits per heavy atom. The summed E-state index contributed by atoms with van der Waals surface area (Å²) < 4.78 is 38.2. The monoisotopic (exact) mass is 394 g/mol. The molecule has 0 bridgehead atoms. The Kier molecular flexibility index (Phi) is 7.73. The maximum absolute atomic E-state index is 12.7. The van der Waals surface area contributed by atoms with Gasteiger partial charge in [0, 0.05) is 39.2 Å². The van der Waals surface area contributed by atoms with Crippen LogP contribution in [-0.4, -0.2) is 50.5 Å². The molecular formula is C20H25F3N4O. The third kappa shape index (κ3) is 6.48. The number of carbonyl (C=O) groups is 1. The van der Waals surface area contributed by atoms with E-state index in [-0.39, 0.29) is 12.5 Å². The summed E-state index contributed by atoms with van der Waals surface area (Å²) in [5.74, 6) is 6.72. The average molecular weight is 394 g/mol. The van der Waals surface area contributed by atoms with Crippen LogP contribution in [0.1, 0.15) is 30.4 Å². The van der Waals surface area contributed by atoms with Crippen LogP contribution in [0, 0.1) is 17.8 Å². The second-order valence-electron chi connectivity index (χ2n) is 6.59. The summed E-state index contributed by atoms with van der Waals surface area (Å²) in [6.45, 7) is 1.87. The molecule has 0 spiro atoms. The molecule has 0 aromatic heterocycles. The Morgan fingerprint density at radius 3 is 2.64 bits per heavy atom. The first-order valence-electron chi connectivity index (χ1n) is 9.15. The predicted molar refractivity (Wildman–Crippen MR) is 103 cm³/mol. The first kappa shape index (κ1) is 21.6. The minimum atomic E-state index is -4.37. The van der Waals surface area contributed by atoms with Gasteiger partial charge in [0.2, 0.25) is 5.91 Å². The molecule has 2 rings (SSSR count). The summed E-state index contributed by atoms with van der Waals surface area (Å²) in [6.07, 6.45) is -2.02. The molecule has 1 aromatic rings. The second kappa shape index (κ2) is 10.0. The zero-order valence-corrected chi connectivity index (χ0v) is 16.1. The van der Waals surface area contributed by atoms with Crippen LogP contribution in [0.4, 0.5) is 13.2 Å². The molecule has 5 nitrogen and oxygen atoms in total. The largest absolute Gasteiger partial charge is 0.416 e. The van der Waals surface area contributed by atoms with Crippen LogP contribution in [0.3, 0.4) is 0 Å². The molecule has 1 amide bonds. The van der Waals surface area contributed by atoms with Crippen LogP contribution in [0.25, 0.3) is 0 Å². The summed E-state index contributed by atoms with van der Waals surface area (Å²) >= 11 is 0. The molecule has 1 aromatic carbocycles. The Balaban J connectivity index is 1.85. The van der Waals surface area contributed by atoms with Crippen molar-refractivity contribution in [3.05, 3.63) is 35.4 Å². The lowest BCUT2D eigenvalue weighted by molar-refractivity contribution is -0.137. The number of rotatable bonds is 3. The van der Waals surface area contributed by atoms with Crippen molar-refractivity contribution in [2.24, 2.45) is 10.9 Å². The van der Waals surface area contributed by atoms with E-state index in [9.17, 15) is 18.0 Å². The van der Waals surface area contributed by atoms with Crippen LogP contribution in [0.5, 0.6) is 0 Å². The highest BCUT2D eigenvalue weighted by Crippen LogP contribution is 2.29. The van der Waals surface area contributed by atoms with E-state index in [0.29, 0.717) is 23.9 Å². The maximum atomic E-state index is 12.7. The molecule has 1 aliphatic heterocycles. The molecule has 1 saturated heterocycles. The lowest BCUT2D eigenvalue weighted by Crippen LogP contribution is -2.46. The van der Waals surface area contributed by atoms with Gasteiger partial charge in [-0.25, -0.2) is 0 Å². The van der Waals surface area contributed by atoms with Crippen molar-refractivity contribution in [1.29, 1.82) is 0 Å². The number of hydrogen-bond donors (Lipinski definition) is 2. The van der Waals surface area contributed by atoms with Gasteiger partial charge in [-0.3, -0.25) is 9.79 Å². The molecule has 0 aliphatic carbocycles. The van der Waals surface area contributed by atoms with Gasteiger partial charge >= 0.3 is 6.18 Å². The van der Waals surface area contributed by atoms with Crippen molar-refractivity contribution in [3.8, 4) is 11.8 Å². The standard InChI is InChI=1S/C20H25F3N4O/c1-24-18(28)14-16-8-11-27(12-9-16)19(25-2)26-10-4-6-15-5-3-7-17(13-15)20(21,22)23/h3,5,7,13,16H,8-12,14H2,1-2H3,(H,24,28)(H,25,26). The van der Waals surface area contributed by atoms with E-state index in [2.05, 4.69) is 32.4 Å². The minimum absolute atomic E-state index is 0.0609. The van der Waals surface area contributed by atoms with Crippen LogP contribution in [0.15, 0.2) is 29.3 Å². The first-order valence-corrected chi connectivity index (χ1v) is 9.15. The molecule has 152 valence electrons. The van der Waals surface area contributed by atoms with Crippen LogP contribution in [0.2, 0.25) is 0 Å². The number of hydrogen-bond acceptors (Lipinski definition) is 2. The van der Waals surface area contributed by atoms with Gasteiger partial charge in [0.05, 0.1) is 12.1 Å². The fourth-order valence-corrected chi connectivity index (χ4v) is 3.09. The predicted octanol–water partition coefficient (Wildman–Crippen LogP) is 2.48. The van der Waals surface area contributed by atoms with Crippen molar-refractivity contribution < 1.29 is 18.0 Å². The van der Waals surface area contributed by atoms with E-state index in [4.69, 9.17) is 0 Å². The number of piperidine rings is 1. The quantitative estimate of drug-likeness (QED) is 0.471. The summed E-state index contributed by atoms with van der Waals surface area (Å²) in [5, 5.41) is 5.77. The van der Waals surface area contributed by atoms with Crippen LogP contribution >= 0.6 is 0 Å². The number of nitrogens with zero attached hydrogens (tertiary/aromatic N) is 2. The van der Waals surface area contributed by atoms with E-state index < -0.39 is 11.7 Å². The highest BCUT2D eigenvalue weighted by atomic mass is 19.4. The van der Waals surface area contributed by atoms with Gasteiger partial charge in [-0.05, 0) is 37.0 Å². The van der Waals surface area contributed by atoms with E-state index >= 15 is 0 Å². The van der Waals surface area contributed by atoms with Crippen molar-refractivity contribution >= 4 is 11.9 Å². The smallest absolute Gasteiger partial charge is 0.359 e. The lowest BCUT2D eigenvalue weighted by atomic mass is 9.93. The SMILES string of the molecule is CN=C(NCC#Cc1cccc(C(F)(F)F)c1)N1CCC(CC(=O)NC)CC1. The number of carbonyl (C=O) groups excluding carboxylic acids is 1. The van der Waals surface area contributed by atoms with Crippen molar-refractivity contribution in [2.75, 3.05) is 33.7 Å². The first-order chi connectivity index (χ1) is 13.3. The fraction of sp³-hybridized carbons (Fsp3) is 0.500. The van der Waals surface area contributed by atoms with E-state index in [1.165, 1.54) is 6.07 Å². The molecule has 8 heteroatoms. The summed E-state index contributed by atoms with van der Waals surface area (Å²) in [5.41, 5.74) is -0.385. The van der Waals surface area contributed by atoms with Crippen molar-refractivity contribution in [1.82, 2.24) is 15.5 Å². The van der Waals surface area contributed by atoms with E-state index in [0.717, 1.165) is 38.1 Å². The number of aliphatic imine (C=N–C) groups is 1. The Bertz CT molecular complexity index is 757. The van der Waals surface area contributed by atoms with Gasteiger partial charge in [-0.1, -0.05) is 17.9 Å². The average Bonchev–Trinajstić information content (AvgIpc) is 2.68. The highest BCUT2D eigenvalue weighted by molar-refractivity contribution is 5.80. The lowest BCUT2D eigenvalue weighted by Gasteiger charge is -2.33. The van der Waals surface area contributed by atoms with E-state index in [1.54, 1.807) is 20.2 Å². The van der Waals surface area contributed by atoms with Crippen LogP contribution in [-0.2, 0) is 11.0 Å². The summed E-state index contributed by atoms with van der Waals surface area (Å²) in [4.78, 5) is 17.8. The van der Waals surface area contributed by atoms with Gasteiger partial charge in [0.15, 0.2) is 5.96 Å². The van der Waals surface area contributed by atoms with Crippen LogP contribution < -0.4 is 10.6 Å². The highest BCUT2D eigenvalue weighted by Gasteiger charge is 2.30. The number of benzene rings is 1. The Morgan fingerprint density at radius 1 is 1.32 bits per heavy atom. The number of alkyl halides is 3. The number of halogens is 3. The zero-order valence-electron chi connectivity index (χ0n) is 16.1. The Hall–Kier alpha value is -2.69. The van der Waals surface area contributed by atoms with Gasteiger partial charge in [0.25, 0.3) is 0 Å². The van der Waals surface area contributed by atoms with Gasteiger partial charge < -0.3 is 15.5 Å². The summed E-state index contributed by atoms with van der Waals surface area (Å²) in [6, 6.07) is 4.97.